The molecule has 0 aliphatic carbocycles. The van der Waals surface area contributed by atoms with Gasteiger partial charge < -0.3 is 0 Å². The minimum Gasteiger partial charge on any atom is -0.258 e. The van der Waals surface area contributed by atoms with Crippen molar-refractivity contribution in [1.29, 1.82) is 0 Å². The summed E-state index contributed by atoms with van der Waals surface area (Å²) in [4.78, 5) is 18.2. The van der Waals surface area contributed by atoms with Crippen molar-refractivity contribution in [3.8, 4) is 0 Å². The van der Waals surface area contributed by atoms with Gasteiger partial charge in [-0.15, -0.1) is 0 Å². The van der Waals surface area contributed by atoms with E-state index in [4.69, 9.17) is 11.6 Å². The summed E-state index contributed by atoms with van der Waals surface area (Å²) >= 11 is 5.70. The third kappa shape index (κ3) is 3.11. The normalized spacial score (nSPS) is 10.7. The number of nitro benzene ring substituents is 1. The molecule has 18 heavy (non-hydrogen) atoms. The van der Waals surface area contributed by atoms with E-state index in [-0.39, 0.29) is 5.69 Å². The molecule has 0 amide bonds. The molecule has 2 aromatic rings. The average molecular weight is 262 g/mol. The van der Waals surface area contributed by atoms with Gasteiger partial charge in [0, 0.05) is 24.5 Å². The zero-order chi connectivity index (χ0) is 13.0. The van der Waals surface area contributed by atoms with Crippen LogP contribution in [0.1, 0.15) is 5.56 Å². The van der Waals surface area contributed by atoms with Crippen molar-refractivity contribution in [2.24, 2.45) is 4.99 Å². The average Bonchev–Trinajstić information content (AvgIpc) is 2.38. The van der Waals surface area contributed by atoms with Crippen LogP contribution in [-0.4, -0.2) is 16.1 Å². The number of nitrogens with zero attached hydrogens (tertiary/aromatic N) is 3. The summed E-state index contributed by atoms with van der Waals surface area (Å²) in [5.41, 5.74) is 0.814. The minimum atomic E-state index is -0.443. The second-order valence-electron chi connectivity index (χ2n) is 3.44. The first kappa shape index (κ1) is 12.2. The van der Waals surface area contributed by atoms with Crippen LogP contribution in [0.4, 0.5) is 11.5 Å². The molecule has 0 spiro atoms. The first-order valence-corrected chi connectivity index (χ1v) is 5.43. The molecule has 6 heteroatoms. The Morgan fingerprint density at radius 3 is 2.50 bits per heavy atom. The standard InChI is InChI=1S/C12H8ClN3O2/c13-10-3-6-12(15-8-10)14-7-9-1-4-11(5-2-9)16(17)18/h1-8H. The highest BCUT2D eigenvalue weighted by Crippen LogP contribution is 2.14. The molecule has 0 aliphatic heterocycles. The zero-order valence-electron chi connectivity index (χ0n) is 9.15. The number of hydrogen-bond acceptors (Lipinski definition) is 4. The fourth-order valence-electron chi connectivity index (χ4n) is 1.27. The first-order valence-electron chi connectivity index (χ1n) is 5.05. The molecule has 0 bridgehead atoms. The monoisotopic (exact) mass is 261 g/mol. The van der Waals surface area contributed by atoms with Crippen molar-refractivity contribution in [2.75, 3.05) is 0 Å². The lowest BCUT2D eigenvalue weighted by Gasteiger charge is -1.94. The van der Waals surface area contributed by atoms with Crippen molar-refractivity contribution < 1.29 is 4.92 Å². The van der Waals surface area contributed by atoms with Gasteiger partial charge in [0.05, 0.1) is 9.95 Å². The summed E-state index contributed by atoms with van der Waals surface area (Å²) in [5, 5.41) is 11.0. The van der Waals surface area contributed by atoms with Crippen LogP contribution in [0.5, 0.6) is 0 Å². The van der Waals surface area contributed by atoms with Crippen molar-refractivity contribution in [2.45, 2.75) is 0 Å². The van der Waals surface area contributed by atoms with E-state index in [9.17, 15) is 10.1 Å². The van der Waals surface area contributed by atoms with E-state index in [0.29, 0.717) is 10.8 Å². The van der Waals surface area contributed by atoms with Gasteiger partial charge in [-0.2, -0.15) is 0 Å². The molecule has 0 aliphatic rings. The molecule has 0 fully saturated rings. The van der Waals surface area contributed by atoms with Crippen LogP contribution in [0.3, 0.4) is 0 Å². The van der Waals surface area contributed by atoms with E-state index in [2.05, 4.69) is 9.98 Å². The number of nitro groups is 1. The largest absolute Gasteiger partial charge is 0.269 e. The van der Waals surface area contributed by atoms with E-state index >= 15 is 0 Å². The lowest BCUT2D eigenvalue weighted by Crippen LogP contribution is -1.88. The predicted molar refractivity (Wildman–Crippen MR) is 69.6 cm³/mol. The summed E-state index contributed by atoms with van der Waals surface area (Å²) < 4.78 is 0. The summed E-state index contributed by atoms with van der Waals surface area (Å²) in [7, 11) is 0. The molecular weight excluding hydrogens is 254 g/mol. The maximum absolute atomic E-state index is 10.5. The molecule has 0 saturated carbocycles. The summed E-state index contributed by atoms with van der Waals surface area (Å²) in [5.74, 6) is 0.526. The quantitative estimate of drug-likeness (QED) is 0.483. The van der Waals surface area contributed by atoms with Gasteiger partial charge in [0.2, 0.25) is 0 Å². The number of pyridine rings is 1. The Hall–Kier alpha value is -2.27. The summed E-state index contributed by atoms with van der Waals surface area (Å²) in [6.07, 6.45) is 3.09. The van der Waals surface area contributed by atoms with Gasteiger partial charge >= 0.3 is 0 Å². The number of aromatic nitrogens is 1. The van der Waals surface area contributed by atoms with Gasteiger partial charge in [0.15, 0.2) is 5.82 Å². The highest BCUT2D eigenvalue weighted by atomic mass is 35.5. The number of hydrogen-bond donors (Lipinski definition) is 0. The summed E-state index contributed by atoms with van der Waals surface area (Å²) in [6.45, 7) is 0. The third-order valence-corrected chi connectivity index (χ3v) is 2.39. The van der Waals surface area contributed by atoms with Gasteiger partial charge in [0.25, 0.3) is 5.69 Å². The fraction of sp³-hybridized carbons (Fsp3) is 0. The number of aliphatic imine (C=N–C) groups is 1. The van der Waals surface area contributed by atoms with E-state index in [1.54, 1.807) is 30.5 Å². The molecule has 0 unspecified atom stereocenters. The molecule has 0 N–H and O–H groups in total. The second kappa shape index (κ2) is 5.37. The maximum atomic E-state index is 10.5. The Morgan fingerprint density at radius 1 is 1.22 bits per heavy atom. The molecule has 90 valence electrons. The van der Waals surface area contributed by atoms with Crippen LogP contribution in [0, 0.1) is 10.1 Å². The Bertz CT molecular complexity index is 579. The van der Waals surface area contributed by atoms with Crippen LogP contribution in [0.25, 0.3) is 0 Å². The summed E-state index contributed by atoms with van der Waals surface area (Å²) in [6, 6.07) is 9.48. The second-order valence-corrected chi connectivity index (χ2v) is 3.88. The van der Waals surface area contributed by atoms with Crippen LogP contribution in [0.2, 0.25) is 5.02 Å². The van der Waals surface area contributed by atoms with Gasteiger partial charge in [-0.25, -0.2) is 9.98 Å². The van der Waals surface area contributed by atoms with Crippen LogP contribution in [-0.2, 0) is 0 Å². The van der Waals surface area contributed by atoms with Crippen LogP contribution >= 0.6 is 11.6 Å². The van der Waals surface area contributed by atoms with Gasteiger partial charge in [-0.05, 0) is 29.8 Å². The van der Waals surface area contributed by atoms with Crippen molar-refractivity contribution >= 4 is 29.3 Å². The molecule has 1 aromatic heterocycles. The van der Waals surface area contributed by atoms with E-state index in [1.807, 2.05) is 0 Å². The lowest BCUT2D eigenvalue weighted by molar-refractivity contribution is -0.384. The van der Waals surface area contributed by atoms with Gasteiger partial charge in [-0.3, -0.25) is 10.1 Å². The Kier molecular flexibility index (Phi) is 3.64. The molecule has 0 saturated heterocycles. The minimum absolute atomic E-state index is 0.0526. The molecule has 0 atom stereocenters. The molecule has 1 aromatic carbocycles. The van der Waals surface area contributed by atoms with Crippen LogP contribution < -0.4 is 0 Å². The highest BCUT2D eigenvalue weighted by molar-refractivity contribution is 6.30. The predicted octanol–water partition coefficient (Wildman–Crippen LogP) is 3.39. The molecule has 5 nitrogen and oxygen atoms in total. The fourth-order valence-corrected chi connectivity index (χ4v) is 1.38. The SMILES string of the molecule is O=[N+]([O-])c1ccc(C=Nc2ccc(Cl)cn2)cc1. The highest BCUT2D eigenvalue weighted by Gasteiger charge is 2.02. The van der Waals surface area contributed by atoms with Crippen molar-refractivity contribution in [1.82, 2.24) is 4.98 Å². The lowest BCUT2D eigenvalue weighted by atomic mass is 10.2. The van der Waals surface area contributed by atoms with Crippen molar-refractivity contribution in [3.05, 3.63) is 63.3 Å². The van der Waals surface area contributed by atoms with E-state index in [1.165, 1.54) is 18.3 Å². The van der Waals surface area contributed by atoms with Gasteiger partial charge in [0.1, 0.15) is 0 Å². The first-order chi connectivity index (χ1) is 8.65. The molecular formula is C12H8ClN3O2. The Balaban J connectivity index is 2.13. The van der Waals surface area contributed by atoms with E-state index < -0.39 is 4.92 Å². The number of non-ortho nitro benzene ring substituents is 1. The number of benzene rings is 1. The number of halogens is 1. The van der Waals surface area contributed by atoms with E-state index in [0.717, 1.165) is 5.56 Å². The Labute approximate surface area is 108 Å². The zero-order valence-corrected chi connectivity index (χ0v) is 9.91. The smallest absolute Gasteiger partial charge is 0.258 e. The Morgan fingerprint density at radius 2 is 1.94 bits per heavy atom. The third-order valence-electron chi connectivity index (χ3n) is 2.16. The topological polar surface area (TPSA) is 68.4 Å². The van der Waals surface area contributed by atoms with Crippen LogP contribution in [0.15, 0.2) is 47.6 Å². The maximum Gasteiger partial charge on any atom is 0.269 e. The molecule has 0 radical (unpaired) electrons. The van der Waals surface area contributed by atoms with Gasteiger partial charge in [-0.1, -0.05) is 11.6 Å². The molecule has 1 heterocycles. The van der Waals surface area contributed by atoms with Crippen molar-refractivity contribution in [3.63, 3.8) is 0 Å². The number of rotatable bonds is 3. The molecule has 2 rings (SSSR count).